The first kappa shape index (κ1) is 19.7. The molecule has 0 aliphatic carbocycles. The SMILES string of the molecule is COc1cc2c(N(Cc3cccc(C)n3)Cc3cccc(C)n3)ncnc2cc1F. The monoisotopic (exact) mass is 403 g/mol. The first-order valence-electron chi connectivity index (χ1n) is 9.62. The smallest absolute Gasteiger partial charge is 0.167 e. The Labute approximate surface area is 174 Å². The number of anilines is 1. The number of fused-ring (bicyclic) bond motifs is 1. The molecule has 0 saturated carbocycles. The quantitative estimate of drug-likeness (QED) is 0.476. The predicted octanol–water partition coefficient (Wildman–Crippen LogP) is 4.39. The molecule has 152 valence electrons. The summed E-state index contributed by atoms with van der Waals surface area (Å²) in [5, 5.41) is 0.705. The summed E-state index contributed by atoms with van der Waals surface area (Å²) >= 11 is 0. The molecule has 0 saturated heterocycles. The molecule has 3 heterocycles. The van der Waals surface area contributed by atoms with E-state index < -0.39 is 5.82 Å². The number of ether oxygens (including phenoxy) is 1. The van der Waals surface area contributed by atoms with Gasteiger partial charge in [0.05, 0.1) is 37.1 Å². The van der Waals surface area contributed by atoms with E-state index in [4.69, 9.17) is 4.74 Å². The highest BCUT2D eigenvalue weighted by Crippen LogP contribution is 2.30. The van der Waals surface area contributed by atoms with Crippen LogP contribution in [0.4, 0.5) is 10.2 Å². The molecule has 0 fully saturated rings. The molecular weight excluding hydrogens is 381 g/mol. The maximum absolute atomic E-state index is 14.2. The van der Waals surface area contributed by atoms with Gasteiger partial charge in [-0.05, 0) is 44.2 Å². The van der Waals surface area contributed by atoms with E-state index in [2.05, 4.69) is 24.8 Å². The molecule has 0 aliphatic rings. The maximum Gasteiger partial charge on any atom is 0.167 e. The van der Waals surface area contributed by atoms with Gasteiger partial charge < -0.3 is 9.64 Å². The van der Waals surface area contributed by atoms with Gasteiger partial charge in [0.2, 0.25) is 0 Å². The highest BCUT2D eigenvalue weighted by Gasteiger charge is 2.17. The van der Waals surface area contributed by atoms with Gasteiger partial charge in [-0.25, -0.2) is 14.4 Å². The van der Waals surface area contributed by atoms with Crippen molar-refractivity contribution in [2.75, 3.05) is 12.0 Å². The van der Waals surface area contributed by atoms with Gasteiger partial charge in [-0.15, -0.1) is 0 Å². The van der Waals surface area contributed by atoms with Crippen molar-refractivity contribution in [2.24, 2.45) is 0 Å². The maximum atomic E-state index is 14.2. The molecule has 0 atom stereocenters. The summed E-state index contributed by atoms with van der Waals surface area (Å²) in [7, 11) is 1.44. The average Bonchev–Trinajstić information content (AvgIpc) is 2.72. The second-order valence-corrected chi connectivity index (χ2v) is 7.10. The fourth-order valence-electron chi connectivity index (χ4n) is 3.42. The molecule has 4 aromatic rings. The van der Waals surface area contributed by atoms with Gasteiger partial charge in [0.25, 0.3) is 0 Å². The van der Waals surface area contributed by atoms with Crippen LogP contribution < -0.4 is 9.64 Å². The van der Waals surface area contributed by atoms with Crippen LogP contribution in [0.2, 0.25) is 0 Å². The Hall–Kier alpha value is -3.61. The van der Waals surface area contributed by atoms with E-state index >= 15 is 0 Å². The fourth-order valence-corrected chi connectivity index (χ4v) is 3.42. The highest BCUT2D eigenvalue weighted by atomic mass is 19.1. The molecule has 0 spiro atoms. The third-order valence-electron chi connectivity index (χ3n) is 4.79. The Balaban J connectivity index is 1.82. The lowest BCUT2D eigenvalue weighted by Gasteiger charge is -2.24. The van der Waals surface area contributed by atoms with Gasteiger partial charge in [0.15, 0.2) is 11.6 Å². The zero-order chi connectivity index (χ0) is 21.1. The molecule has 0 amide bonds. The zero-order valence-corrected chi connectivity index (χ0v) is 17.1. The lowest BCUT2D eigenvalue weighted by Crippen LogP contribution is -2.25. The minimum Gasteiger partial charge on any atom is -0.494 e. The molecular formula is C23H22FN5O. The fraction of sp³-hybridized carbons (Fsp3) is 0.217. The molecule has 0 unspecified atom stereocenters. The Morgan fingerprint density at radius 2 is 1.53 bits per heavy atom. The largest absolute Gasteiger partial charge is 0.494 e. The van der Waals surface area contributed by atoms with Crippen LogP contribution in [-0.2, 0) is 13.1 Å². The van der Waals surface area contributed by atoms with Crippen LogP contribution in [0.15, 0.2) is 54.9 Å². The van der Waals surface area contributed by atoms with E-state index in [1.807, 2.05) is 50.2 Å². The van der Waals surface area contributed by atoms with Crippen LogP contribution in [0.1, 0.15) is 22.8 Å². The first-order chi connectivity index (χ1) is 14.5. The van der Waals surface area contributed by atoms with Gasteiger partial charge in [0, 0.05) is 22.8 Å². The van der Waals surface area contributed by atoms with Gasteiger partial charge in [-0.3, -0.25) is 9.97 Å². The van der Waals surface area contributed by atoms with Crippen molar-refractivity contribution in [3.63, 3.8) is 0 Å². The number of halogens is 1. The second-order valence-electron chi connectivity index (χ2n) is 7.10. The summed E-state index contributed by atoms with van der Waals surface area (Å²) in [6.07, 6.45) is 1.45. The molecule has 6 nitrogen and oxygen atoms in total. The Morgan fingerprint density at radius 1 is 0.900 bits per heavy atom. The lowest BCUT2D eigenvalue weighted by molar-refractivity contribution is 0.387. The molecule has 4 rings (SSSR count). The van der Waals surface area contributed by atoms with Gasteiger partial charge >= 0.3 is 0 Å². The van der Waals surface area contributed by atoms with Crippen LogP contribution in [0, 0.1) is 19.7 Å². The number of pyridine rings is 2. The summed E-state index contributed by atoms with van der Waals surface area (Å²) in [6, 6.07) is 14.9. The van der Waals surface area contributed by atoms with Gasteiger partial charge in [-0.1, -0.05) is 12.1 Å². The van der Waals surface area contributed by atoms with Crippen molar-refractivity contribution in [3.8, 4) is 5.75 Å². The van der Waals surface area contributed by atoms with Crippen molar-refractivity contribution in [1.82, 2.24) is 19.9 Å². The van der Waals surface area contributed by atoms with Crippen molar-refractivity contribution in [2.45, 2.75) is 26.9 Å². The molecule has 30 heavy (non-hydrogen) atoms. The van der Waals surface area contributed by atoms with Crippen LogP contribution in [0.3, 0.4) is 0 Å². The minimum atomic E-state index is -0.457. The lowest BCUT2D eigenvalue weighted by atomic mass is 10.2. The minimum absolute atomic E-state index is 0.154. The van der Waals surface area contributed by atoms with E-state index in [9.17, 15) is 4.39 Å². The second kappa shape index (κ2) is 8.41. The topological polar surface area (TPSA) is 64.0 Å². The number of nitrogens with zero attached hydrogens (tertiary/aromatic N) is 5. The number of hydrogen-bond donors (Lipinski definition) is 0. The third-order valence-corrected chi connectivity index (χ3v) is 4.79. The number of benzene rings is 1. The van der Waals surface area contributed by atoms with Crippen LogP contribution in [0.25, 0.3) is 10.9 Å². The van der Waals surface area contributed by atoms with Crippen LogP contribution >= 0.6 is 0 Å². The number of aryl methyl sites for hydroxylation is 2. The normalized spacial score (nSPS) is 10.9. The third kappa shape index (κ3) is 4.20. The van der Waals surface area contributed by atoms with E-state index in [-0.39, 0.29) is 5.75 Å². The van der Waals surface area contributed by atoms with Crippen molar-refractivity contribution in [3.05, 3.63) is 83.5 Å². The number of rotatable bonds is 6. The summed E-state index contributed by atoms with van der Waals surface area (Å²) in [4.78, 5) is 20.1. The summed E-state index contributed by atoms with van der Waals surface area (Å²) < 4.78 is 19.4. The summed E-state index contributed by atoms with van der Waals surface area (Å²) in [5.74, 6) is 0.368. The van der Waals surface area contributed by atoms with Crippen LogP contribution in [-0.4, -0.2) is 27.0 Å². The Bertz CT molecular complexity index is 1150. The number of aromatic nitrogens is 4. The summed E-state index contributed by atoms with van der Waals surface area (Å²) in [5.41, 5.74) is 4.21. The molecule has 1 aromatic carbocycles. The van der Waals surface area contributed by atoms with Crippen molar-refractivity contribution < 1.29 is 9.13 Å². The van der Waals surface area contributed by atoms with E-state index in [1.165, 1.54) is 19.5 Å². The molecule has 7 heteroatoms. The predicted molar refractivity (Wildman–Crippen MR) is 114 cm³/mol. The number of methoxy groups -OCH3 is 1. The molecule has 0 bridgehead atoms. The molecule has 0 aliphatic heterocycles. The molecule has 0 radical (unpaired) electrons. The Kier molecular flexibility index (Phi) is 5.52. The molecule has 3 aromatic heterocycles. The highest BCUT2D eigenvalue weighted by molar-refractivity contribution is 5.90. The zero-order valence-electron chi connectivity index (χ0n) is 17.1. The van der Waals surface area contributed by atoms with E-state index in [0.717, 1.165) is 22.8 Å². The standard InChI is InChI=1S/C23H22FN5O/c1-15-6-4-8-17(27-15)12-29(13-18-9-5-7-16(2)28-18)23-19-10-22(30-3)20(24)11-21(19)25-14-26-23/h4-11,14H,12-13H2,1-3H3. The Morgan fingerprint density at radius 3 is 2.10 bits per heavy atom. The van der Waals surface area contributed by atoms with Gasteiger partial charge in [0.1, 0.15) is 12.1 Å². The van der Waals surface area contributed by atoms with Crippen molar-refractivity contribution in [1.29, 1.82) is 0 Å². The van der Waals surface area contributed by atoms with Crippen molar-refractivity contribution >= 4 is 16.7 Å². The van der Waals surface area contributed by atoms with E-state index in [0.29, 0.717) is 29.8 Å². The van der Waals surface area contributed by atoms with Gasteiger partial charge in [-0.2, -0.15) is 0 Å². The number of hydrogen-bond acceptors (Lipinski definition) is 6. The first-order valence-corrected chi connectivity index (χ1v) is 9.62. The van der Waals surface area contributed by atoms with E-state index in [1.54, 1.807) is 6.07 Å². The summed E-state index contributed by atoms with van der Waals surface area (Å²) in [6.45, 7) is 4.96. The average molecular weight is 403 g/mol. The molecule has 0 N–H and O–H groups in total. The van der Waals surface area contributed by atoms with Crippen LogP contribution in [0.5, 0.6) is 5.75 Å².